The largest absolute Gasteiger partial charge is 0.497 e. The lowest BCUT2D eigenvalue weighted by molar-refractivity contribution is 0.0901. The second-order valence-corrected chi connectivity index (χ2v) is 9.08. The minimum absolute atomic E-state index is 0.122. The number of carbonyl (C=O) groups excluding carboxylic acids is 1. The number of hydrogen-bond acceptors (Lipinski definition) is 7. The number of ether oxygens (including phenoxy) is 1. The van der Waals surface area contributed by atoms with Gasteiger partial charge in [-0.1, -0.05) is 19.1 Å². The molecule has 10 heteroatoms. The third kappa shape index (κ3) is 4.92. The van der Waals surface area contributed by atoms with Crippen molar-refractivity contribution in [2.75, 3.05) is 21.2 Å². The molecule has 0 spiro atoms. The number of methoxy groups -OCH3 is 1. The van der Waals surface area contributed by atoms with Crippen LogP contribution in [0.15, 0.2) is 57.8 Å². The average molecular weight is 445 g/mol. The van der Waals surface area contributed by atoms with E-state index in [-0.39, 0.29) is 22.7 Å². The molecule has 0 fully saturated rings. The number of sulfonamides is 1. The summed E-state index contributed by atoms with van der Waals surface area (Å²) in [6, 6.07) is 13.2. The summed E-state index contributed by atoms with van der Waals surface area (Å²) in [4.78, 5) is 12.7. The van der Waals surface area contributed by atoms with Crippen LogP contribution in [0.4, 0.5) is 0 Å². The van der Waals surface area contributed by atoms with Crippen LogP contribution in [-0.4, -0.2) is 50.0 Å². The van der Waals surface area contributed by atoms with Gasteiger partial charge in [0.15, 0.2) is 0 Å². The van der Waals surface area contributed by atoms with Crippen molar-refractivity contribution in [1.29, 1.82) is 0 Å². The summed E-state index contributed by atoms with van der Waals surface area (Å²) in [5.41, 5.74) is 1.43. The number of nitrogens with zero attached hydrogens (tertiary/aromatic N) is 3. The summed E-state index contributed by atoms with van der Waals surface area (Å²) in [5, 5.41) is 10.6. The van der Waals surface area contributed by atoms with Gasteiger partial charge in [0.25, 0.3) is 0 Å². The van der Waals surface area contributed by atoms with E-state index in [1.807, 2.05) is 31.2 Å². The van der Waals surface area contributed by atoms with Crippen LogP contribution in [0, 0.1) is 0 Å². The first kappa shape index (κ1) is 22.4. The summed E-state index contributed by atoms with van der Waals surface area (Å²) < 4.78 is 36.1. The number of hydrogen-bond donors (Lipinski definition) is 1. The van der Waals surface area contributed by atoms with Crippen LogP contribution in [0.2, 0.25) is 0 Å². The maximum Gasteiger partial charge on any atom is 0.309 e. The van der Waals surface area contributed by atoms with Gasteiger partial charge in [-0.05, 0) is 48.4 Å². The minimum atomic E-state index is -3.54. The van der Waals surface area contributed by atoms with Crippen molar-refractivity contribution in [2.24, 2.45) is 0 Å². The van der Waals surface area contributed by atoms with Crippen LogP contribution in [-0.2, 0) is 10.0 Å². The third-order valence-corrected chi connectivity index (χ3v) is 6.56. The zero-order chi connectivity index (χ0) is 22.6. The van der Waals surface area contributed by atoms with Gasteiger partial charge in [0, 0.05) is 19.7 Å². The van der Waals surface area contributed by atoms with E-state index in [0.29, 0.717) is 12.0 Å². The third-order valence-electron chi connectivity index (χ3n) is 4.73. The number of rotatable bonds is 8. The first-order valence-electron chi connectivity index (χ1n) is 9.57. The first-order chi connectivity index (χ1) is 14.8. The Balaban J connectivity index is 1.74. The van der Waals surface area contributed by atoms with Gasteiger partial charge in [-0.2, -0.15) is 0 Å². The molecule has 3 rings (SSSR count). The maximum atomic E-state index is 12.6. The standard InChI is InChI=1S/C21H24N4O5S/c1-5-18(14-6-10-16(29-4)11-7-14)22-19(26)21-24-23-20(30-21)15-8-12-17(13-9-15)31(27,28)25(2)3/h6-13,18H,5H2,1-4H3,(H,22,26)/t18-/m0/s1. The van der Waals surface area contributed by atoms with Gasteiger partial charge < -0.3 is 14.5 Å². The molecule has 0 saturated carbocycles. The lowest BCUT2D eigenvalue weighted by atomic mass is 10.0. The zero-order valence-corrected chi connectivity index (χ0v) is 18.5. The van der Waals surface area contributed by atoms with Crippen molar-refractivity contribution in [3.8, 4) is 17.2 Å². The van der Waals surface area contributed by atoms with Crippen molar-refractivity contribution in [2.45, 2.75) is 24.3 Å². The topological polar surface area (TPSA) is 115 Å². The molecule has 0 bridgehead atoms. The molecule has 1 heterocycles. The lowest BCUT2D eigenvalue weighted by Gasteiger charge is -2.16. The Hall–Kier alpha value is -3.24. The smallest absolute Gasteiger partial charge is 0.309 e. The van der Waals surface area contributed by atoms with E-state index in [4.69, 9.17) is 9.15 Å². The van der Waals surface area contributed by atoms with Crippen molar-refractivity contribution in [3.63, 3.8) is 0 Å². The van der Waals surface area contributed by atoms with Crippen molar-refractivity contribution in [3.05, 3.63) is 60.0 Å². The highest BCUT2D eigenvalue weighted by Crippen LogP contribution is 2.23. The Morgan fingerprint density at radius 1 is 1.10 bits per heavy atom. The first-order valence-corrected chi connectivity index (χ1v) is 11.0. The van der Waals surface area contributed by atoms with E-state index in [1.165, 1.54) is 26.2 Å². The predicted molar refractivity (Wildman–Crippen MR) is 114 cm³/mol. The highest BCUT2D eigenvalue weighted by molar-refractivity contribution is 7.89. The second-order valence-electron chi connectivity index (χ2n) is 6.93. The summed E-state index contributed by atoms with van der Waals surface area (Å²) in [6.07, 6.45) is 0.668. The molecule has 0 radical (unpaired) electrons. The van der Waals surface area contributed by atoms with Gasteiger partial charge in [-0.25, -0.2) is 12.7 Å². The average Bonchev–Trinajstić information content (AvgIpc) is 3.28. The molecule has 31 heavy (non-hydrogen) atoms. The Morgan fingerprint density at radius 2 is 1.74 bits per heavy atom. The van der Waals surface area contributed by atoms with Crippen LogP contribution < -0.4 is 10.1 Å². The molecule has 9 nitrogen and oxygen atoms in total. The molecular formula is C21H24N4O5S. The number of nitrogens with one attached hydrogen (secondary N) is 1. The lowest BCUT2D eigenvalue weighted by Crippen LogP contribution is -2.28. The Labute approximate surface area is 181 Å². The molecule has 164 valence electrons. The molecule has 0 aliphatic rings. The molecule has 0 aliphatic heterocycles. The van der Waals surface area contributed by atoms with Crippen LogP contribution in [0.1, 0.15) is 35.6 Å². The molecule has 1 N–H and O–H groups in total. The second kappa shape index (κ2) is 9.27. The summed E-state index contributed by atoms with van der Waals surface area (Å²) >= 11 is 0. The summed E-state index contributed by atoms with van der Waals surface area (Å²) in [7, 11) is 0.976. The number of benzene rings is 2. The molecule has 1 aromatic heterocycles. The molecular weight excluding hydrogens is 420 g/mol. The highest BCUT2D eigenvalue weighted by Gasteiger charge is 2.21. The number of amides is 1. The number of carbonyl (C=O) groups is 1. The monoisotopic (exact) mass is 444 g/mol. The molecule has 0 saturated heterocycles. The van der Waals surface area contributed by atoms with Crippen LogP contribution in [0.25, 0.3) is 11.5 Å². The van der Waals surface area contributed by atoms with E-state index in [9.17, 15) is 13.2 Å². The normalized spacial score (nSPS) is 12.5. The molecule has 0 unspecified atom stereocenters. The van der Waals surface area contributed by atoms with Gasteiger partial charge in [0.1, 0.15) is 5.75 Å². The van der Waals surface area contributed by atoms with Crippen molar-refractivity contribution < 1.29 is 22.4 Å². The minimum Gasteiger partial charge on any atom is -0.497 e. The van der Waals surface area contributed by atoms with Crippen LogP contribution >= 0.6 is 0 Å². The number of aromatic nitrogens is 2. The van der Waals surface area contributed by atoms with Crippen LogP contribution in [0.3, 0.4) is 0 Å². The fourth-order valence-corrected chi connectivity index (χ4v) is 3.79. The quantitative estimate of drug-likeness (QED) is 0.568. The van der Waals surface area contributed by atoms with Crippen LogP contribution in [0.5, 0.6) is 5.75 Å². The summed E-state index contributed by atoms with van der Waals surface area (Å²) in [6.45, 7) is 1.96. The fraction of sp³-hybridized carbons (Fsp3) is 0.286. The Kier molecular flexibility index (Phi) is 6.71. The van der Waals surface area contributed by atoms with E-state index in [2.05, 4.69) is 15.5 Å². The molecule has 1 amide bonds. The van der Waals surface area contributed by atoms with Gasteiger partial charge in [-0.15, -0.1) is 10.2 Å². The van der Waals surface area contributed by atoms with Crippen molar-refractivity contribution >= 4 is 15.9 Å². The Bertz CT molecular complexity index is 1140. The maximum absolute atomic E-state index is 12.6. The Morgan fingerprint density at radius 3 is 2.29 bits per heavy atom. The fourth-order valence-electron chi connectivity index (χ4n) is 2.89. The van der Waals surface area contributed by atoms with Gasteiger partial charge in [0.2, 0.25) is 15.9 Å². The van der Waals surface area contributed by atoms with Gasteiger partial charge in [0.05, 0.1) is 18.0 Å². The molecule has 3 aromatic rings. The highest BCUT2D eigenvalue weighted by atomic mass is 32.2. The van der Waals surface area contributed by atoms with E-state index in [0.717, 1.165) is 15.6 Å². The molecule has 2 aromatic carbocycles. The van der Waals surface area contributed by atoms with Gasteiger partial charge >= 0.3 is 11.8 Å². The van der Waals surface area contributed by atoms with E-state index >= 15 is 0 Å². The predicted octanol–water partition coefficient (Wildman–Crippen LogP) is 2.88. The zero-order valence-electron chi connectivity index (χ0n) is 17.7. The SMILES string of the molecule is CC[C@H](NC(=O)c1nnc(-c2ccc(S(=O)(=O)N(C)C)cc2)o1)c1ccc(OC)cc1. The van der Waals surface area contributed by atoms with E-state index < -0.39 is 15.9 Å². The van der Waals surface area contributed by atoms with E-state index in [1.54, 1.807) is 19.2 Å². The molecule has 0 aliphatic carbocycles. The van der Waals surface area contributed by atoms with Crippen molar-refractivity contribution in [1.82, 2.24) is 19.8 Å². The summed E-state index contributed by atoms with van der Waals surface area (Å²) in [5.74, 6) is 0.187. The molecule has 1 atom stereocenters. The van der Waals surface area contributed by atoms with Gasteiger partial charge in [-0.3, -0.25) is 4.79 Å².